The summed E-state index contributed by atoms with van der Waals surface area (Å²) in [5, 5.41) is 12.8. The van der Waals surface area contributed by atoms with Gasteiger partial charge < -0.3 is 10.4 Å². The Morgan fingerprint density at radius 2 is 2.21 bits per heavy atom. The molecule has 1 amide bonds. The summed E-state index contributed by atoms with van der Waals surface area (Å²) in [6.07, 6.45) is 0.726. The zero-order valence-electron chi connectivity index (χ0n) is 11.9. The minimum Gasteiger partial charge on any atom is -0.389 e. The molecule has 1 saturated heterocycles. The number of likely N-dealkylation sites (tertiary alicyclic amines) is 1. The van der Waals surface area contributed by atoms with E-state index in [-0.39, 0.29) is 5.91 Å². The van der Waals surface area contributed by atoms with Crippen LogP contribution in [0.25, 0.3) is 0 Å². The molecule has 19 heavy (non-hydrogen) atoms. The average molecular weight is 262 g/mol. The van der Waals surface area contributed by atoms with E-state index in [9.17, 15) is 9.90 Å². The third-order valence-electron chi connectivity index (χ3n) is 3.55. The molecule has 0 aliphatic carbocycles. The Kier molecular flexibility index (Phi) is 3.92. The fourth-order valence-corrected chi connectivity index (χ4v) is 2.52. The molecule has 2 rings (SSSR count). The summed E-state index contributed by atoms with van der Waals surface area (Å²) >= 11 is 0. The summed E-state index contributed by atoms with van der Waals surface area (Å²) in [6.45, 7) is 7.51. The molecule has 2 N–H and O–H groups in total. The van der Waals surface area contributed by atoms with Gasteiger partial charge in [-0.05, 0) is 38.8 Å². The van der Waals surface area contributed by atoms with Crippen LogP contribution < -0.4 is 5.32 Å². The number of hydrogen-bond donors (Lipinski definition) is 2. The minimum atomic E-state index is -0.653. The van der Waals surface area contributed by atoms with Crippen LogP contribution in [0, 0.1) is 13.8 Å². The molecule has 1 aliphatic rings. The highest BCUT2D eigenvalue weighted by Gasteiger charge is 2.31. The van der Waals surface area contributed by atoms with Crippen LogP contribution in [0.1, 0.15) is 24.5 Å². The molecule has 0 saturated carbocycles. The van der Waals surface area contributed by atoms with Crippen molar-refractivity contribution in [2.24, 2.45) is 0 Å². The van der Waals surface area contributed by atoms with Crippen LogP contribution in [0.4, 0.5) is 5.69 Å². The van der Waals surface area contributed by atoms with E-state index < -0.39 is 5.60 Å². The summed E-state index contributed by atoms with van der Waals surface area (Å²) in [7, 11) is 0. The summed E-state index contributed by atoms with van der Waals surface area (Å²) < 4.78 is 0. The molecule has 1 heterocycles. The normalized spacial score (nSPS) is 23.6. The lowest BCUT2D eigenvalue weighted by atomic mass is 10.1. The molecular formula is C15H22N2O2. The number of carbonyl (C=O) groups excluding carboxylic acids is 1. The standard InChI is InChI=1S/C15H22N2O2/c1-11-4-5-13(12(2)8-11)16-14(18)9-17-7-6-15(3,19)10-17/h4-5,8,19H,6-7,9-10H2,1-3H3,(H,16,18). The van der Waals surface area contributed by atoms with Crippen LogP contribution in [-0.2, 0) is 4.79 Å². The lowest BCUT2D eigenvalue weighted by molar-refractivity contribution is -0.117. The lowest BCUT2D eigenvalue weighted by Gasteiger charge is -2.18. The molecule has 104 valence electrons. The van der Waals surface area contributed by atoms with Crippen molar-refractivity contribution in [3.8, 4) is 0 Å². The first kappa shape index (κ1) is 14.0. The second-order valence-corrected chi connectivity index (χ2v) is 5.82. The van der Waals surface area contributed by atoms with Crippen molar-refractivity contribution in [3.05, 3.63) is 29.3 Å². The van der Waals surface area contributed by atoms with E-state index in [0.29, 0.717) is 13.1 Å². The second-order valence-electron chi connectivity index (χ2n) is 5.82. The van der Waals surface area contributed by atoms with Gasteiger partial charge in [-0.1, -0.05) is 17.7 Å². The van der Waals surface area contributed by atoms with E-state index in [4.69, 9.17) is 0 Å². The SMILES string of the molecule is Cc1ccc(NC(=O)CN2CCC(C)(O)C2)c(C)c1. The van der Waals surface area contributed by atoms with Crippen LogP contribution in [0.2, 0.25) is 0 Å². The van der Waals surface area contributed by atoms with Gasteiger partial charge in [0.2, 0.25) is 5.91 Å². The van der Waals surface area contributed by atoms with Gasteiger partial charge in [0.1, 0.15) is 0 Å². The number of amides is 1. The summed E-state index contributed by atoms with van der Waals surface area (Å²) in [4.78, 5) is 14.0. The van der Waals surface area contributed by atoms with Crippen LogP contribution in [0.5, 0.6) is 0 Å². The number of carbonyl (C=O) groups is 1. The molecule has 1 fully saturated rings. The lowest BCUT2D eigenvalue weighted by Crippen LogP contribution is -2.35. The van der Waals surface area contributed by atoms with Crippen molar-refractivity contribution < 1.29 is 9.90 Å². The van der Waals surface area contributed by atoms with Gasteiger partial charge >= 0.3 is 0 Å². The highest BCUT2D eigenvalue weighted by molar-refractivity contribution is 5.93. The van der Waals surface area contributed by atoms with Crippen LogP contribution in [0.15, 0.2) is 18.2 Å². The number of aliphatic hydroxyl groups is 1. The van der Waals surface area contributed by atoms with Crippen LogP contribution in [0.3, 0.4) is 0 Å². The Hall–Kier alpha value is -1.39. The molecule has 1 unspecified atom stereocenters. The van der Waals surface area contributed by atoms with E-state index in [1.807, 2.05) is 37.8 Å². The van der Waals surface area contributed by atoms with Crippen molar-refractivity contribution in [1.82, 2.24) is 4.90 Å². The van der Waals surface area contributed by atoms with Crippen molar-refractivity contribution in [2.45, 2.75) is 32.8 Å². The van der Waals surface area contributed by atoms with Gasteiger partial charge in [-0.3, -0.25) is 9.69 Å². The maximum absolute atomic E-state index is 12.0. The maximum atomic E-state index is 12.0. The van der Waals surface area contributed by atoms with Gasteiger partial charge in [-0.2, -0.15) is 0 Å². The molecule has 0 radical (unpaired) electrons. The van der Waals surface area contributed by atoms with Crippen molar-refractivity contribution in [1.29, 1.82) is 0 Å². The van der Waals surface area contributed by atoms with E-state index in [0.717, 1.165) is 24.2 Å². The maximum Gasteiger partial charge on any atom is 0.238 e. The second kappa shape index (κ2) is 5.31. The fourth-order valence-electron chi connectivity index (χ4n) is 2.52. The van der Waals surface area contributed by atoms with E-state index in [1.165, 1.54) is 5.56 Å². The molecule has 1 aromatic rings. The van der Waals surface area contributed by atoms with Gasteiger partial charge in [0, 0.05) is 18.8 Å². The molecule has 0 bridgehead atoms. The topological polar surface area (TPSA) is 52.6 Å². The smallest absolute Gasteiger partial charge is 0.238 e. The number of rotatable bonds is 3. The Morgan fingerprint density at radius 1 is 1.47 bits per heavy atom. The predicted octanol–water partition coefficient (Wildman–Crippen LogP) is 1.70. The number of aryl methyl sites for hydroxylation is 2. The van der Waals surface area contributed by atoms with E-state index in [2.05, 4.69) is 11.4 Å². The molecular weight excluding hydrogens is 240 g/mol. The van der Waals surface area contributed by atoms with E-state index in [1.54, 1.807) is 0 Å². The zero-order valence-corrected chi connectivity index (χ0v) is 11.9. The highest BCUT2D eigenvalue weighted by Crippen LogP contribution is 2.20. The quantitative estimate of drug-likeness (QED) is 0.871. The number of benzene rings is 1. The first-order valence-electron chi connectivity index (χ1n) is 6.68. The zero-order chi connectivity index (χ0) is 14.0. The molecule has 4 nitrogen and oxygen atoms in total. The number of nitrogens with one attached hydrogen (secondary N) is 1. The number of hydrogen-bond acceptors (Lipinski definition) is 3. The summed E-state index contributed by atoms with van der Waals surface area (Å²) in [6, 6.07) is 5.97. The molecule has 1 aromatic carbocycles. The van der Waals surface area contributed by atoms with Gasteiger partial charge in [0.15, 0.2) is 0 Å². The molecule has 0 aromatic heterocycles. The van der Waals surface area contributed by atoms with Gasteiger partial charge in [-0.25, -0.2) is 0 Å². The third-order valence-corrected chi connectivity index (χ3v) is 3.55. The molecule has 1 atom stereocenters. The fraction of sp³-hybridized carbons (Fsp3) is 0.533. The minimum absolute atomic E-state index is 0.0235. The summed E-state index contributed by atoms with van der Waals surface area (Å²) in [5.41, 5.74) is 2.47. The van der Waals surface area contributed by atoms with Crippen molar-refractivity contribution in [3.63, 3.8) is 0 Å². The molecule has 1 aliphatic heterocycles. The Bertz CT molecular complexity index is 483. The Morgan fingerprint density at radius 3 is 2.79 bits per heavy atom. The average Bonchev–Trinajstić information content (AvgIpc) is 2.62. The number of nitrogens with zero attached hydrogens (tertiary/aromatic N) is 1. The Balaban J connectivity index is 1.91. The monoisotopic (exact) mass is 262 g/mol. The number of β-amino-alcohol motifs (C(OH)–C–C–N with tert-alkyl or cyclic N) is 1. The summed E-state index contributed by atoms with van der Waals surface area (Å²) in [5.74, 6) is -0.0235. The van der Waals surface area contributed by atoms with Crippen LogP contribution in [-0.4, -0.2) is 41.1 Å². The van der Waals surface area contributed by atoms with Crippen molar-refractivity contribution >= 4 is 11.6 Å². The first-order chi connectivity index (χ1) is 8.85. The third kappa shape index (κ3) is 3.78. The van der Waals surface area contributed by atoms with E-state index >= 15 is 0 Å². The first-order valence-corrected chi connectivity index (χ1v) is 6.68. The molecule has 4 heteroatoms. The van der Waals surface area contributed by atoms with Gasteiger partial charge in [0.05, 0.1) is 12.1 Å². The van der Waals surface area contributed by atoms with Crippen LogP contribution >= 0.6 is 0 Å². The largest absolute Gasteiger partial charge is 0.389 e. The predicted molar refractivity (Wildman–Crippen MR) is 76.2 cm³/mol. The Labute approximate surface area is 114 Å². The van der Waals surface area contributed by atoms with Crippen molar-refractivity contribution in [2.75, 3.05) is 25.0 Å². The highest BCUT2D eigenvalue weighted by atomic mass is 16.3. The van der Waals surface area contributed by atoms with Gasteiger partial charge in [0.25, 0.3) is 0 Å². The molecule has 0 spiro atoms. The number of anilines is 1. The van der Waals surface area contributed by atoms with Gasteiger partial charge in [-0.15, -0.1) is 0 Å².